The lowest BCUT2D eigenvalue weighted by Gasteiger charge is -2.20. The average molecular weight is 353 g/mol. The Morgan fingerprint density at radius 1 is 0.944 bits per heavy atom. The molecule has 1 atom stereocenters. The number of nitrogens with two attached hydrogens (primary N) is 1. The van der Waals surface area contributed by atoms with Crippen LogP contribution in [0, 0.1) is 0 Å². The minimum atomic E-state index is 0. The Labute approximate surface area is 126 Å². The Hall–Kier alpha value is -0.610. The van der Waals surface area contributed by atoms with Crippen LogP contribution >= 0.6 is 24.0 Å². The zero-order valence-corrected chi connectivity index (χ0v) is 12.9. The fraction of sp³-hybridized carbons (Fsp3) is 0.375. The molecule has 0 aromatic carbocycles. The molecule has 2 N–H and O–H groups in total. The fourth-order valence-corrected chi connectivity index (χ4v) is 2.99. The van der Waals surface area contributed by atoms with Crippen molar-refractivity contribution in [2.45, 2.75) is 38.1 Å². The van der Waals surface area contributed by atoms with Crippen molar-refractivity contribution in [1.82, 2.24) is 0 Å². The molecule has 0 amide bonds. The van der Waals surface area contributed by atoms with Crippen LogP contribution in [0.5, 0.6) is 0 Å². The summed E-state index contributed by atoms with van der Waals surface area (Å²) in [5.74, 6) is 0. The topological polar surface area (TPSA) is 26.0 Å². The number of hydrogen-bond acceptors (Lipinski definition) is 1. The van der Waals surface area contributed by atoms with Gasteiger partial charge in [0.1, 0.15) is 0 Å². The van der Waals surface area contributed by atoms with Gasteiger partial charge in [-0.05, 0) is 54.4 Å². The predicted octanol–water partition coefficient (Wildman–Crippen LogP) is 4.18. The molecule has 0 aromatic heterocycles. The number of allylic oxidation sites excluding steroid dienone is 6. The first-order valence-electron chi connectivity index (χ1n) is 6.57. The molecule has 0 bridgehead atoms. The quantitative estimate of drug-likeness (QED) is 0.650. The molecule has 3 rings (SSSR count). The van der Waals surface area contributed by atoms with Crippen LogP contribution in [-0.4, -0.2) is 6.04 Å². The smallest absolute Gasteiger partial charge is 0.0550 e. The van der Waals surface area contributed by atoms with Crippen LogP contribution in [-0.2, 0) is 0 Å². The Morgan fingerprint density at radius 2 is 1.67 bits per heavy atom. The highest BCUT2D eigenvalue weighted by Crippen LogP contribution is 2.37. The van der Waals surface area contributed by atoms with Gasteiger partial charge >= 0.3 is 0 Å². The molecule has 1 saturated carbocycles. The molecule has 3 aliphatic rings. The molecule has 18 heavy (non-hydrogen) atoms. The summed E-state index contributed by atoms with van der Waals surface area (Å²) in [6, 6.07) is 0.0928. The fourth-order valence-electron chi connectivity index (χ4n) is 2.99. The SMILES string of the molecule is I.NC1C2=CCC=CC=C2CCC2=CCCC=C21. The van der Waals surface area contributed by atoms with Gasteiger partial charge in [0.05, 0.1) is 6.04 Å². The molecule has 1 unspecified atom stereocenters. The van der Waals surface area contributed by atoms with E-state index in [1.165, 1.54) is 28.7 Å². The highest BCUT2D eigenvalue weighted by Gasteiger charge is 2.25. The second-order valence-corrected chi connectivity index (χ2v) is 4.96. The van der Waals surface area contributed by atoms with Gasteiger partial charge in [-0.2, -0.15) is 0 Å². The second-order valence-electron chi connectivity index (χ2n) is 4.96. The molecule has 1 fully saturated rings. The van der Waals surface area contributed by atoms with Crippen LogP contribution in [0.25, 0.3) is 0 Å². The van der Waals surface area contributed by atoms with E-state index in [9.17, 15) is 0 Å². The first-order valence-corrected chi connectivity index (χ1v) is 6.57. The summed E-state index contributed by atoms with van der Waals surface area (Å²) in [7, 11) is 0. The van der Waals surface area contributed by atoms with Crippen LogP contribution in [0.4, 0.5) is 0 Å². The maximum atomic E-state index is 6.47. The van der Waals surface area contributed by atoms with Gasteiger partial charge in [-0.1, -0.05) is 36.5 Å². The predicted molar refractivity (Wildman–Crippen MR) is 87.9 cm³/mol. The van der Waals surface area contributed by atoms with E-state index in [1.807, 2.05) is 0 Å². The van der Waals surface area contributed by atoms with Gasteiger partial charge in [0.25, 0.3) is 0 Å². The lowest BCUT2D eigenvalue weighted by molar-refractivity contribution is 0.864. The monoisotopic (exact) mass is 353 g/mol. The van der Waals surface area contributed by atoms with Crippen LogP contribution in [0.2, 0.25) is 0 Å². The summed E-state index contributed by atoms with van der Waals surface area (Å²) < 4.78 is 0. The van der Waals surface area contributed by atoms with Crippen molar-refractivity contribution in [3.63, 3.8) is 0 Å². The first-order chi connectivity index (χ1) is 8.36. The van der Waals surface area contributed by atoms with E-state index >= 15 is 0 Å². The lowest BCUT2D eigenvalue weighted by Crippen LogP contribution is -2.26. The molecule has 1 nitrogen and oxygen atoms in total. The van der Waals surface area contributed by atoms with E-state index in [-0.39, 0.29) is 30.0 Å². The van der Waals surface area contributed by atoms with E-state index in [0.717, 1.165) is 25.7 Å². The lowest BCUT2D eigenvalue weighted by atomic mass is 9.89. The van der Waals surface area contributed by atoms with Gasteiger partial charge in [0.2, 0.25) is 0 Å². The van der Waals surface area contributed by atoms with Crippen molar-refractivity contribution < 1.29 is 0 Å². The molecule has 0 radical (unpaired) electrons. The van der Waals surface area contributed by atoms with Crippen molar-refractivity contribution in [3.05, 3.63) is 58.7 Å². The van der Waals surface area contributed by atoms with Crippen LogP contribution in [0.1, 0.15) is 32.1 Å². The molecule has 2 heteroatoms. The molecule has 0 saturated heterocycles. The minimum Gasteiger partial charge on any atom is -0.320 e. The van der Waals surface area contributed by atoms with Crippen LogP contribution in [0.15, 0.2) is 58.7 Å². The number of fused-ring (bicyclic) bond motifs is 2. The molecule has 3 aliphatic carbocycles. The van der Waals surface area contributed by atoms with E-state index in [0.29, 0.717) is 0 Å². The first kappa shape index (κ1) is 13.8. The van der Waals surface area contributed by atoms with Crippen molar-refractivity contribution in [3.8, 4) is 0 Å². The van der Waals surface area contributed by atoms with Gasteiger partial charge in [0, 0.05) is 0 Å². The zero-order valence-electron chi connectivity index (χ0n) is 10.6. The third-order valence-corrected chi connectivity index (χ3v) is 3.90. The summed E-state index contributed by atoms with van der Waals surface area (Å²) in [6.07, 6.45) is 19.3. The summed E-state index contributed by atoms with van der Waals surface area (Å²) >= 11 is 0. The van der Waals surface area contributed by atoms with Gasteiger partial charge in [-0.15, -0.1) is 24.0 Å². The van der Waals surface area contributed by atoms with Crippen molar-refractivity contribution in [1.29, 1.82) is 0 Å². The van der Waals surface area contributed by atoms with Gasteiger partial charge < -0.3 is 5.73 Å². The van der Waals surface area contributed by atoms with Crippen molar-refractivity contribution >= 4 is 24.0 Å². The third kappa shape index (κ3) is 2.54. The molecule has 0 heterocycles. The molecule has 96 valence electrons. The molecule has 0 aliphatic heterocycles. The average Bonchev–Trinajstić information content (AvgIpc) is 2.66. The van der Waals surface area contributed by atoms with Crippen LogP contribution in [0.3, 0.4) is 0 Å². The Kier molecular flexibility index (Phi) is 4.62. The van der Waals surface area contributed by atoms with Gasteiger partial charge in [0.15, 0.2) is 0 Å². The largest absolute Gasteiger partial charge is 0.320 e. The second kappa shape index (κ2) is 6.02. The van der Waals surface area contributed by atoms with E-state index in [1.54, 1.807) is 0 Å². The Balaban J connectivity index is 0.00000120. The van der Waals surface area contributed by atoms with E-state index in [4.69, 9.17) is 5.73 Å². The van der Waals surface area contributed by atoms with Crippen LogP contribution < -0.4 is 5.73 Å². The summed E-state index contributed by atoms with van der Waals surface area (Å²) in [5.41, 5.74) is 12.1. The molecule has 0 spiro atoms. The Morgan fingerprint density at radius 3 is 2.56 bits per heavy atom. The summed E-state index contributed by atoms with van der Waals surface area (Å²) in [5, 5.41) is 0. The highest BCUT2D eigenvalue weighted by atomic mass is 127. The minimum absolute atomic E-state index is 0. The number of rotatable bonds is 0. The van der Waals surface area contributed by atoms with Crippen molar-refractivity contribution in [2.75, 3.05) is 0 Å². The van der Waals surface area contributed by atoms with E-state index < -0.39 is 0 Å². The van der Waals surface area contributed by atoms with Gasteiger partial charge in [-0.3, -0.25) is 0 Å². The zero-order chi connectivity index (χ0) is 11.7. The summed E-state index contributed by atoms with van der Waals surface area (Å²) in [4.78, 5) is 0. The molecular weight excluding hydrogens is 333 g/mol. The normalized spacial score (nSPS) is 26.2. The molecule has 0 aromatic rings. The third-order valence-electron chi connectivity index (χ3n) is 3.90. The van der Waals surface area contributed by atoms with Crippen molar-refractivity contribution in [2.24, 2.45) is 5.73 Å². The number of halogens is 1. The molecular formula is C16H20IN. The summed E-state index contributed by atoms with van der Waals surface area (Å²) in [6.45, 7) is 0. The van der Waals surface area contributed by atoms with Gasteiger partial charge in [-0.25, -0.2) is 0 Å². The maximum Gasteiger partial charge on any atom is 0.0550 e. The van der Waals surface area contributed by atoms with E-state index in [2.05, 4.69) is 36.5 Å². The maximum absolute atomic E-state index is 6.47. The Bertz CT molecular complexity index is 477. The standard InChI is InChI=1S/C16H19N.HI/c17-16-14-8-3-1-2-6-12(14)10-11-13-7-4-5-9-15(13)16;/h1-2,6-9,16H,3-5,10-11,17H2;1H. The highest BCUT2D eigenvalue weighted by molar-refractivity contribution is 14.0. The number of hydrogen-bond donors (Lipinski definition) is 1.